The lowest BCUT2D eigenvalue weighted by molar-refractivity contribution is -0.131. The van der Waals surface area contributed by atoms with Crippen molar-refractivity contribution < 1.29 is 4.79 Å². The number of anilines is 1. The molecule has 2 heterocycles. The molecular weight excluding hydrogens is 420 g/mol. The first kappa shape index (κ1) is 20.6. The van der Waals surface area contributed by atoms with Crippen LogP contribution in [0.4, 0.5) is 5.69 Å². The van der Waals surface area contributed by atoms with E-state index in [2.05, 4.69) is 9.88 Å². The van der Waals surface area contributed by atoms with Gasteiger partial charge in [-0.1, -0.05) is 23.7 Å². The maximum atomic E-state index is 12.7. The molecule has 1 fully saturated rings. The van der Waals surface area contributed by atoms with Crippen LogP contribution < -0.4 is 10.5 Å². The summed E-state index contributed by atoms with van der Waals surface area (Å²) >= 11 is 11.3. The van der Waals surface area contributed by atoms with E-state index < -0.39 is 0 Å². The number of aromatic nitrogens is 2. The van der Waals surface area contributed by atoms with Gasteiger partial charge in [0.25, 0.3) is 5.56 Å². The minimum Gasteiger partial charge on any atom is -0.368 e. The summed E-state index contributed by atoms with van der Waals surface area (Å²) in [6.45, 7) is 3.40. The van der Waals surface area contributed by atoms with Gasteiger partial charge >= 0.3 is 0 Å². The van der Waals surface area contributed by atoms with Gasteiger partial charge in [-0.25, -0.2) is 0 Å². The standard InChI is InChI=1S/C22H23ClN4O2S/c23-16-7-9-17(10-8-16)25-12-14-26(15-13-25)20(28)6-3-11-27-21(29)18-4-1-2-5-19(18)24-22(27)30/h1-2,4-5,7-10H,3,6,11-15H2,(H,24,30). The second-order valence-corrected chi connectivity index (χ2v) is 8.20. The van der Waals surface area contributed by atoms with E-state index in [1.54, 1.807) is 10.6 Å². The van der Waals surface area contributed by atoms with Crippen molar-refractivity contribution in [3.63, 3.8) is 0 Å². The molecule has 1 amide bonds. The van der Waals surface area contributed by atoms with Gasteiger partial charge in [0, 0.05) is 49.9 Å². The van der Waals surface area contributed by atoms with Gasteiger partial charge in [0.1, 0.15) is 0 Å². The van der Waals surface area contributed by atoms with E-state index in [0.29, 0.717) is 42.6 Å². The molecule has 6 nitrogen and oxygen atoms in total. The Bertz CT molecular complexity index is 1160. The Kier molecular flexibility index (Phi) is 6.20. The van der Waals surface area contributed by atoms with E-state index in [4.69, 9.17) is 23.8 Å². The van der Waals surface area contributed by atoms with E-state index in [9.17, 15) is 9.59 Å². The average molecular weight is 443 g/mol. The molecular formula is C22H23ClN4O2S. The number of hydrogen-bond donors (Lipinski definition) is 1. The Morgan fingerprint density at radius 2 is 1.73 bits per heavy atom. The fourth-order valence-corrected chi connectivity index (χ4v) is 4.22. The Hall–Kier alpha value is -2.64. The van der Waals surface area contributed by atoms with Crippen molar-refractivity contribution in [2.45, 2.75) is 19.4 Å². The second kappa shape index (κ2) is 9.02. The Balaban J connectivity index is 1.32. The van der Waals surface area contributed by atoms with Crippen LogP contribution in [-0.4, -0.2) is 46.5 Å². The van der Waals surface area contributed by atoms with Crippen molar-refractivity contribution in [1.82, 2.24) is 14.5 Å². The maximum Gasteiger partial charge on any atom is 0.262 e. The number of piperazine rings is 1. The SMILES string of the molecule is O=C(CCCn1c(=S)[nH]c2ccccc2c1=O)N1CCN(c2ccc(Cl)cc2)CC1. The van der Waals surface area contributed by atoms with Crippen LogP contribution in [0, 0.1) is 4.77 Å². The quantitative estimate of drug-likeness (QED) is 0.610. The summed E-state index contributed by atoms with van der Waals surface area (Å²) in [5.41, 5.74) is 1.74. The van der Waals surface area contributed by atoms with E-state index >= 15 is 0 Å². The van der Waals surface area contributed by atoms with Crippen molar-refractivity contribution in [3.8, 4) is 0 Å². The molecule has 0 spiro atoms. The molecule has 1 saturated heterocycles. The van der Waals surface area contributed by atoms with Gasteiger partial charge < -0.3 is 14.8 Å². The second-order valence-electron chi connectivity index (χ2n) is 7.38. The largest absolute Gasteiger partial charge is 0.368 e. The molecule has 2 aromatic carbocycles. The number of H-pyrrole nitrogens is 1. The third-order valence-corrected chi connectivity index (χ3v) is 6.06. The molecule has 4 rings (SSSR count). The van der Waals surface area contributed by atoms with Crippen molar-refractivity contribution in [3.05, 3.63) is 68.7 Å². The lowest BCUT2D eigenvalue weighted by Crippen LogP contribution is -2.48. The minimum absolute atomic E-state index is 0.113. The molecule has 3 aromatic rings. The van der Waals surface area contributed by atoms with Crippen LogP contribution in [0.15, 0.2) is 53.3 Å². The van der Waals surface area contributed by atoms with E-state index in [0.717, 1.165) is 29.3 Å². The fraction of sp³-hybridized carbons (Fsp3) is 0.318. The highest BCUT2D eigenvalue weighted by molar-refractivity contribution is 7.71. The Morgan fingerprint density at radius 1 is 1.03 bits per heavy atom. The van der Waals surface area contributed by atoms with E-state index in [1.807, 2.05) is 47.4 Å². The van der Waals surface area contributed by atoms with Gasteiger partial charge in [0.2, 0.25) is 5.91 Å². The average Bonchev–Trinajstić information content (AvgIpc) is 2.76. The van der Waals surface area contributed by atoms with Crippen molar-refractivity contribution >= 4 is 46.3 Å². The number of carbonyl (C=O) groups is 1. The summed E-state index contributed by atoms with van der Waals surface area (Å²) in [4.78, 5) is 32.6. The van der Waals surface area contributed by atoms with E-state index in [1.165, 1.54) is 0 Å². The predicted octanol–water partition coefficient (Wildman–Crippen LogP) is 3.84. The molecule has 0 saturated carbocycles. The summed E-state index contributed by atoms with van der Waals surface area (Å²) in [5, 5.41) is 1.33. The molecule has 1 aliphatic heterocycles. The number of amides is 1. The zero-order chi connectivity index (χ0) is 21.1. The van der Waals surface area contributed by atoms with E-state index in [-0.39, 0.29) is 11.5 Å². The molecule has 30 heavy (non-hydrogen) atoms. The van der Waals surface area contributed by atoms with Gasteiger partial charge in [0.05, 0.1) is 10.9 Å². The topological polar surface area (TPSA) is 61.3 Å². The number of carbonyl (C=O) groups excluding carboxylic acids is 1. The molecule has 8 heteroatoms. The molecule has 0 atom stereocenters. The number of aromatic amines is 1. The van der Waals surface area contributed by atoms with Crippen LogP contribution in [0.5, 0.6) is 0 Å². The van der Waals surface area contributed by atoms with Crippen LogP contribution in [-0.2, 0) is 11.3 Å². The number of para-hydroxylation sites is 1. The Labute approximate surface area is 184 Å². The van der Waals surface area contributed by atoms with Gasteiger partial charge in [-0.3, -0.25) is 14.2 Å². The number of fused-ring (bicyclic) bond motifs is 1. The highest BCUT2D eigenvalue weighted by atomic mass is 35.5. The summed E-state index contributed by atoms with van der Waals surface area (Å²) < 4.78 is 1.94. The van der Waals surface area contributed by atoms with Gasteiger partial charge in [0.15, 0.2) is 4.77 Å². The zero-order valence-corrected chi connectivity index (χ0v) is 18.1. The van der Waals surface area contributed by atoms with Crippen molar-refractivity contribution in [2.24, 2.45) is 0 Å². The molecule has 156 valence electrons. The summed E-state index contributed by atoms with van der Waals surface area (Å²) in [7, 11) is 0. The smallest absolute Gasteiger partial charge is 0.262 e. The number of nitrogens with zero attached hydrogens (tertiary/aromatic N) is 3. The van der Waals surface area contributed by atoms with Crippen LogP contribution in [0.3, 0.4) is 0 Å². The van der Waals surface area contributed by atoms with Crippen LogP contribution >= 0.6 is 23.8 Å². The summed E-state index contributed by atoms with van der Waals surface area (Å²) in [6, 6.07) is 15.1. The van der Waals surface area contributed by atoms with Crippen LogP contribution in [0.2, 0.25) is 5.02 Å². The van der Waals surface area contributed by atoms with Crippen LogP contribution in [0.25, 0.3) is 10.9 Å². The number of rotatable bonds is 5. The fourth-order valence-electron chi connectivity index (χ4n) is 3.81. The normalized spacial score (nSPS) is 14.3. The Morgan fingerprint density at radius 3 is 2.47 bits per heavy atom. The lowest BCUT2D eigenvalue weighted by atomic mass is 10.2. The van der Waals surface area contributed by atoms with Gasteiger partial charge in [-0.2, -0.15) is 0 Å². The molecule has 0 aliphatic carbocycles. The zero-order valence-electron chi connectivity index (χ0n) is 16.5. The molecule has 0 unspecified atom stereocenters. The van der Waals surface area contributed by atoms with Gasteiger partial charge in [-0.15, -0.1) is 0 Å². The first-order chi connectivity index (χ1) is 14.5. The lowest BCUT2D eigenvalue weighted by Gasteiger charge is -2.36. The first-order valence-electron chi connectivity index (χ1n) is 10.0. The maximum absolute atomic E-state index is 12.7. The monoisotopic (exact) mass is 442 g/mol. The minimum atomic E-state index is -0.113. The summed E-state index contributed by atoms with van der Waals surface area (Å²) in [5.74, 6) is 0.120. The molecule has 0 bridgehead atoms. The number of benzene rings is 2. The first-order valence-corrected chi connectivity index (χ1v) is 10.8. The molecule has 1 N–H and O–H groups in total. The molecule has 0 radical (unpaired) electrons. The summed E-state index contributed by atoms with van der Waals surface area (Å²) in [6.07, 6.45) is 0.973. The highest BCUT2D eigenvalue weighted by Crippen LogP contribution is 2.19. The number of nitrogens with one attached hydrogen (secondary N) is 1. The predicted molar refractivity (Wildman–Crippen MR) is 123 cm³/mol. The number of halogens is 1. The molecule has 1 aromatic heterocycles. The third-order valence-electron chi connectivity index (χ3n) is 5.49. The highest BCUT2D eigenvalue weighted by Gasteiger charge is 2.21. The van der Waals surface area contributed by atoms with Crippen molar-refractivity contribution in [2.75, 3.05) is 31.1 Å². The van der Waals surface area contributed by atoms with Gasteiger partial charge in [-0.05, 0) is 55.0 Å². The number of hydrogen-bond acceptors (Lipinski definition) is 4. The third kappa shape index (κ3) is 4.42. The van der Waals surface area contributed by atoms with Crippen LogP contribution in [0.1, 0.15) is 12.8 Å². The molecule has 1 aliphatic rings. The van der Waals surface area contributed by atoms with Crippen molar-refractivity contribution in [1.29, 1.82) is 0 Å².